The molecule has 154 valence electrons. The van der Waals surface area contributed by atoms with E-state index in [1.165, 1.54) is 11.3 Å². The molecule has 0 saturated heterocycles. The van der Waals surface area contributed by atoms with Gasteiger partial charge >= 0.3 is 0 Å². The molecule has 3 aromatic rings. The first-order chi connectivity index (χ1) is 14.5. The number of rotatable bonds is 7. The zero-order valence-corrected chi connectivity index (χ0v) is 18.0. The Morgan fingerprint density at radius 3 is 2.33 bits per heavy atom. The Labute approximate surface area is 180 Å². The first-order valence-corrected chi connectivity index (χ1v) is 10.4. The zero-order chi connectivity index (χ0) is 21.5. The number of hydrogen-bond donors (Lipinski definition) is 2. The molecule has 1 heterocycles. The van der Waals surface area contributed by atoms with Crippen molar-refractivity contribution in [3.8, 4) is 5.75 Å². The van der Waals surface area contributed by atoms with Crippen LogP contribution in [0.4, 0.5) is 0 Å². The highest BCUT2D eigenvalue weighted by molar-refractivity contribution is 7.10. The fourth-order valence-electron chi connectivity index (χ4n) is 2.82. The van der Waals surface area contributed by atoms with Crippen LogP contribution in [-0.2, 0) is 4.79 Å². The molecule has 0 aliphatic carbocycles. The van der Waals surface area contributed by atoms with Crippen LogP contribution in [0, 0.1) is 6.92 Å². The smallest absolute Gasteiger partial charge is 0.268 e. The van der Waals surface area contributed by atoms with Crippen molar-refractivity contribution in [2.24, 2.45) is 0 Å². The Hall–Kier alpha value is -3.38. The average Bonchev–Trinajstić information content (AvgIpc) is 3.26. The van der Waals surface area contributed by atoms with Crippen LogP contribution in [0.2, 0.25) is 0 Å². The van der Waals surface area contributed by atoms with Crippen LogP contribution < -0.4 is 15.4 Å². The normalized spacial score (nSPS) is 12.2. The minimum Gasteiger partial charge on any atom is -0.497 e. The number of hydrogen-bond acceptors (Lipinski definition) is 4. The van der Waals surface area contributed by atoms with Gasteiger partial charge < -0.3 is 15.4 Å². The Morgan fingerprint density at radius 1 is 1.03 bits per heavy atom. The van der Waals surface area contributed by atoms with Gasteiger partial charge in [0.15, 0.2) is 0 Å². The summed E-state index contributed by atoms with van der Waals surface area (Å²) in [6, 6.07) is 18.3. The molecule has 30 heavy (non-hydrogen) atoms. The van der Waals surface area contributed by atoms with Crippen molar-refractivity contribution in [3.05, 3.63) is 93.3 Å². The minimum atomic E-state index is -0.362. The van der Waals surface area contributed by atoms with Crippen LogP contribution in [0.3, 0.4) is 0 Å². The number of aryl methyl sites for hydroxylation is 1. The molecule has 3 rings (SSSR count). The van der Waals surface area contributed by atoms with E-state index >= 15 is 0 Å². The van der Waals surface area contributed by atoms with Gasteiger partial charge in [-0.2, -0.15) is 0 Å². The molecular weight excluding hydrogens is 396 g/mol. The number of methoxy groups -OCH3 is 1. The molecule has 0 saturated carbocycles. The molecular formula is C24H24N2O3S. The summed E-state index contributed by atoms with van der Waals surface area (Å²) in [6.07, 6.45) is 1.68. The quantitative estimate of drug-likeness (QED) is 0.544. The number of amides is 2. The second-order valence-corrected chi connectivity index (χ2v) is 7.84. The Kier molecular flexibility index (Phi) is 7.03. The monoisotopic (exact) mass is 420 g/mol. The lowest BCUT2D eigenvalue weighted by Gasteiger charge is -2.17. The van der Waals surface area contributed by atoms with E-state index in [2.05, 4.69) is 10.6 Å². The van der Waals surface area contributed by atoms with E-state index in [1.807, 2.05) is 55.6 Å². The second-order valence-electron chi connectivity index (χ2n) is 6.86. The Balaban J connectivity index is 1.78. The van der Waals surface area contributed by atoms with Gasteiger partial charge in [0.25, 0.3) is 11.8 Å². The van der Waals surface area contributed by atoms with Crippen molar-refractivity contribution in [3.63, 3.8) is 0 Å². The number of carbonyl (C=O) groups excluding carboxylic acids is 2. The third kappa shape index (κ3) is 5.58. The van der Waals surface area contributed by atoms with Gasteiger partial charge in [0.1, 0.15) is 11.4 Å². The predicted molar refractivity (Wildman–Crippen MR) is 120 cm³/mol. The molecule has 0 unspecified atom stereocenters. The summed E-state index contributed by atoms with van der Waals surface area (Å²) in [4.78, 5) is 26.6. The first kappa shape index (κ1) is 21.3. The topological polar surface area (TPSA) is 67.4 Å². The van der Waals surface area contributed by atoms with Crippen LogP contribution in [0.5, 0.6) is 5.75 Å². The van der Waals surface area contributed by atoms with Crippen molar-refractivity contribution in [1.82, 2.24) is 10.6 Å². The number of carbonyl (C=O) groups is 2. The molecule has 1 aromatic heterocycles. The van der Waals surface area contributed by atoms with Crippen LogP contribution in [0.15, 0.2) is 71.7 Å². The largest absolute Gasteiger partial charge is 0.497 e. The lowest BCUT2D eigenvalue weighted by molar-refractivity contribution is -0.118. The third-order valence-corrected chi connectivity index (χ3v) is 5.42. The molecule has 2 amide bonds. The maximum absolute atomic E-state index is 13.0. The molecule has 0 spiro atoms. The maximum Gasteiger partial charge on any atom is 0.268 e. The summed E-state index contributed by atoms with van der Waals surface area (Å²) in [5, 5.41) is 7.63. The van der Waals surface area contributed by atoms with Gasteiger partial charge in [-0.05, 0) is 61.2 Å². The van der Waals surface area contributed by atoms with E-state index < -0.39 is 0 Å². The highest BCUT2D eigenvalue weighted by Crippen LogP contribution is 2.17. The van der Waals surface area contributed by atoms with Gasteiger partial charge in [0.05, 0.1) is 13.2 Å². The van der Waals surface area contributed by atoms with Gasteiger partial charge in [0, 0.05) is 10.4 Å². The van der Waals surface area contributed by atoms with Crippen molar-refractivity contribution in [2.75, 3.05) is 7.11 Å². The van der Waals surface area contributed by atoms with E-state index in [0.717, 1.165) is 16.0 Å². The third-order valence-electron chi connectivity index (χ3n) is 4.60. The minimum absolute atomic E-state index is 0.192. The number of ether oxygens (including phenoxy) is 1. The van der Waals surface area contributed by atoms with Gasteiger partial charge in [-0.25, -0.2) is 0 Å². The molecule has 0 radical (unpaired) electrons. The summed E-state index contributed by atoms with van der Waals surface area (Å²) in [7, 11) is 1.57. The average molecular weight is 421 g/mol. The molecule has 2 N–H and O–H groups in total. The van der Waals surface area contributed by atoms with E-state index in [1.54, 1.807) is 37.5 Å². The number of benzene rings is 2. The van der Waals surface area contributed by atoms with E-state index in [4.69, 9.17) is 4.74 Å². The van der Waals surface area contributed by atoms with E-state index in [0.29, 0.717) is 11.3 Å². The predicted octanol–water partition coefficient (Wildman–Crippen LogP) is 4.71. The fourth-order valence-corrected chi connectivity index (χ4v) is 3.48. The highest BCUT2D eigenvalue weighted by Gasteiger charge is 2.17. The van der Waals surface area contributed by atoms with E-state index in [-0.39, 0.29) is 23.6 Å². The summed E-state index contributed by atoms with van der Waals surface area (Å²) in [5.41, 5.74) is 2.78. The van der Waals surface area contributed by atoms with Gasteiger partial charge in [-0.1, -0.05) is 35.9 Å². The molecule has 2 aromatic carbocycles. The van der Waals surface area contributed by atoms with Gasteiger partial charge in [0.2, 0.25) is 0 Å². The molecule has 0 bridgehead atoms. The van der Waals surface area contributed by atoms with Crippen LogP contribution >= 0.6 is 11.3 Å². The standard InChI is InChI=1S/C24H24N2O3S/c1-16-6-8-18(9-7-16)17(2)25-24(28)22(15-21-5-4-14-30-21)26-23(27)19-10-12-20(29-3)13-11-19/h4-15,17H,1-3H3,(H,25,28)(H,26,27)/b22-15-/t17-/m0/s1. The SMILES string of the molecule is COc1ccc(C(=O)N/C(=C\c2cccs2)C(=O)N[C@@H](C)c2ccc(C)cc2)cc1. The first-order valence-electron chi connectivity index (χ1n) is 9.54. The second kappa shape index (κ2) is 9.89. The van der Waals surface area contributed by atoms with Crippen molar-refractivity contribution >= 4 is 29.2 Å². The summed E-state index contributed by atoms with van der Waals surface area (Å²) in [5.74, 6) is -0.0532. The van der Waals surface area contributed by atoms with E-state index in [9.17, 15) is 9.59 Å². The molecule has 5 nitrogen and oxygen atoms in total. The van der Waals surface area contributed by atoms with Gasteiger partial charge in [-0.15, -0.1) is 11.3 Å². The Morgan fingerprint density at radius 2 is 1.73 bits per heavy atom. The molecule has 0 fully saturated rings. The van der Waals surface area contributed by atoms with Crippen LogP contribution in [0.25, 0.3) is 6.08 Å². The molecule has 0 aliphatic heterocycles. The van der Waals surface area contributed by atoms with Crippen molar-refractivity contribution in [2.45, 2.75) is 19.9 Å². The van der Waals surface area contributed by atoms with Crippen molar-refractivity contribution in [1.29, 1.82) is 0 Å². The van der Waals surface area contributed by atoms with Gasteiger partial charge in [-0.3, -0.25) is 9.59 Å². The molecule has 0 aliphatic rings. The summed E-state index contributed by atoms with van der Waals surface area (Å²) >= 11 is 1.49. The van der Waals surface area contributed by atoms with Crippen molar-refractivity contribution < 1.29 is 14.3 Å². The number of thiophene rings is 1. The Bertz CT molecular complexity index is 1020. The number of nitrogens with one attached hydrogen (secondary N) is 2. The summed E-state index contributed by atoms with van der Waals surface area (Å²) in [6.45, 7) is 3.93. The van der Waals surface area contributed by atoms with Crippen LogP contribution in [-0.4, -0.2) is 18.9 Å². The fraction of sp³-hybridized carbons (Fsp3) is 0.167. The molecule has 6 heteroatoms. The zero-order valence-electron chi connectivity index (χ0n) is 17.1. The highest BCUT2D eigenvalue weighted by atomic mass is 32.1. The van der Waals surface area contributed by atoms with Crippen LogP contribution in [0.1, 0.15) is 39.3 Å². The lowest BCUT2D eigenvalue weighted by Crippen LogP contribution is -2.36. The summed E-state index contributed by atoms with van der Waals surface area (Å²) < 4.78 is 5.13. The molecule has 1 atom stereocenters. The maximum atomic E-state index is 13.0. The lowest BCUT2D eigenvalue weighted by atomic mass is 10.1.